The molecule has 156 valence electrons. The maximum absolute atomic E-state index is 12.9. The van der Waals surface area contributed by atoms with Gasteiger partial charge < -0.3 is 10.6 Å². The molecule has 2 saturated carbocycles. The van der Waals surface area contributed by atoms with Crippen LogP contribution in [-0.4, -0.2) is 5.91 Å². The van der Waals surface area contributed by atoms with E-state index in [-0.39, 0.29) is 5.91 Å². The molecule has 0 aromatic heterocycles. The number of hydrogen-bond donors (Lipinski definition) is 2. The molecule has 2 fully saturated rings. The monoisotopic (exact) mass is 408 g/mol. The van der Waals surface area contributed by atoms with Crippen LogP contribution in [-0.2, 0) is 6.54 Å². The van der Waals surface area contributed by atoms with Crippen molar-refractivity contribution in [2.75, 3.05) is 5.32 Å². The van der Waals surface area contributed by atoms with E-state index in [0.29, 0.717) is 24.4 Å². The van der Waals surface area contributed by atoms with E-state index in [1.807, 2.05) is 36.4 Å². The van der Waals surface area contributed by atoms with Crippen molar-refractivity contribution in [2.24, 2.45) is 17.8 Å². The van der Waals surface area contributed by atoms with Gasteiger partial charge in [0.2, 0.25) is 0 Å². The lowest BCUT2D eigenvalue weighted by Crippen LogP contribution is -2.35. The van der Waals surface area contributed by atoms with Gasteiger partial charge in [-0.05, 0) is 77.8 Å². The molecule has 3 aliphatic rings. The van der Waals surface area contributed by atoms with Crippen LogP contribution in [0.3, 0.4) is 0 Å². The van der Waals surface area contributed by atoms with E-state index in [4.69, 9.17) is 0 Å². The summed E-state index contributed by atoms with van der Waals surface area (Å²) in [5.41, 5.74) is 5.85. The minimum atomic E-state index is 0.0107. The summed E-state index contributed by atoms with van der Waals surface area (Å²) in [5, 5.41) is 6.95. The number of fused-ring (bicyclic) bond motifs is 7. The molecular weight excluding hydrogens is 380 g/mol. The largest absolute Gasteiger partial charge is 0.378 e. The molecule has 2 N–H and O–H groups in total. The fourth-order valence-electron chi connectivity index (χ4n) is 6.50. The summed E-state index contributed by atoms with van der Waals surface area (Å²) in [5.74, 6) is 2.73. The maximum atomic E-state index is 12.9. The highest BCUT2D eigenvalue weighted by atomic mass is 16.1. The Morgan fingerprint density at radius 2 is 1.65 bits per heavy atom. The molecule has 3 nitrogen and oxygen atoms in total. The summed E-state index contributed by atoms with van der Waals surface area (Å²) < 4.78 is 0. The molecular formula is C28H28N2O. The second-order valence-corrected chi connectivity index (χ2v) is 9.44. The summed E-state index contributed by atoms with van der Waals surface area (Å²) >= 11 is 0. The zero-order valence-corrected chi connectivity index (χ0v) is 17.6. The third kappa shape index (κ3) is 3.23. The lowest BCUT2D eigenvalue weighted by molar-refractivity contribution is 0.0950. The van der Waals surface area contributed by atoms with Crippen LogP contribution in [0.4, 0.5) is 5.69 Å². The van der Waals surface area contributed by atoms with E-state index in [1.165, 1.54) is 36.1 Å². The molecule has 2 aliphatic carbocycles. The molecule has 1 amide bonds. The van der Waals surface area contributed by atoms with Gasteiger partial charge in [-0.15, -0.1) is 0 Å². The van der Waals surface area contributed by atoms with Crippen LogP contribution in [0.1, 0.15) is 58.3 Å². The van der Waals surface area contributed by atoms with Gasteiger partial charge in [0.25, 0.3) is 5.91 Å². The predicted molar refractivity (Wildman–Crippen MR) is 124 cm³/mol. The van der Waals surface area contributed by atoms with Crippen molar-refractivity contribution < 1.29 is 4.79 Å². The smallest absolute Gasteiger partial charge is 0.251 e. The highest BCUT2D eigenvalue weighted by Crippen LogP contribution is 2.63. The van der Waals surface area contributed by atoms with Crippen molar-refractivity contribution in [1.29, 1.82) is 0 Å². The topological polar surface area (TPSA) is 41.1 Å². The van der Waals surface area contributed by atoms with Gasteiger partial charge in [0.15, 0.2) is 0 Å². The summed E-state index contributed by atoms with van der Waals surface area (Å²) in [6.45, 7) is 0.557. The number of carbonyl (C=O) groups is 1. The number of anilines is 1. The molecule has 0 unspecified atom stereocenters. The molecule has 31 heavy (non-hydrogen) atoms. The van der Waals surface area contributed by atoms with E-state index < -0.39 is 0 Å². The average Bonchev–Trinajstić information content (AvgIpc) is 3.46. The molecule has 1 aliphatic heterocycles. The first kappa shape index (κ1) is 18.7. The lowest BCUT2D eigenvalue weighted by Gasteiger charge is -2.43. The van der Waals surface area contributed by atoms with Gasteiger partial charge in [0.1, 0.15) is 0 Å². The van der Waals surface area contributed by atoms with Gasteiger partial charge in [0.05, 0.1) is 6.04 Å². The van der Waals surface area contributed by atoms with E-state index in [0.717, 1.165) is 23.0 Å². The zero-order chi connectivity index (χ0) is 20.8. The number of hydrogen-bond acceptors (Lipinski definition) is 2. The second kappa shape index (κ2) is 7.56. The first-order chi connectivity index (χ1) is 15.3. The second-order valence-electron chi connectivity index (χ2n) is 9.44. The van der Waals surface area contributed by atoms with E-state index in [1.54, 1.807) is 0 Å². The Morgan fingerprint density at radius 1 is 0.903 bits per heavy atom. The minimum absolute atomic E-state index is 0.0107. The van der Waals surface area contributed by atoms with Crippen molar-refractivity contribution in [1.82, 2.24) is 5.32 Å². The Labute approximate surface area is 183 Å². The van der Waals surface area contributed by atoms with Crippen LogP contribution >= 0.6 is 0 Å². The van der Waals surface area contributed by atoms with E-state index >= 15 is 0 Å². The van der Waals surface area contributed by atoms with Gasteiger partial charge in [0, 0.05) is 17.8 Å². The summed E-state index contributed by atoms with van der Waals surface area (Å²) in [6, 6.07) is 27.6. The van der Waals surface area contributed by atoms with Gasteiger partial charge in [-0.1, -0.05) is 60.7 Å². The quantitative estimate of drug-likeness (QED) is 0.563. The number of rotatable bonds is 4. The van der Waals surface area contributed by atoms with Crippen LogP contribution in [0.2, 0.25) is 0 Å². The molecule has 5 atom stereocenters. The highest BCUT2D eigenvalue weighted by Gasteiger charge is 2.53. The highest BCUT2D eigenvalue weighted by molar-refractivity contribution is 5.95. The predicted octanol–water partition coefficient (Wildman–Crippen LogP) is 5.91. The van der Waals surface area contributed by atoms with Crippen LogP contribution in [0.5, 0.6) is 0 Å². The molecule has 0 spiro atoms. The number of carbonyl (C=O) groups excluding carboxylic acids is 1. The Bertz CT molecular complexity index is 1090. The van der Waals surface area contributed by atoms with Crippen molar-refractivity contribution in [3.05, 3.63) is 101 Å². The van der Waals surface area contributed by atoms with Crippen molar-refractivity contribution in [2.45, 2.75) is 37.8 Å². The van der Waals surface area contributed by atoms with Crippen molar-refractivity contribution >= 4 is 11.6 Å². The number of benzene rings is 3. The normalized spacial score (nSPS) is 27.8. The standard InChI is InChI=1S/C28H28N2O/c31-28(29-17-18-7-3-1-4-8-18)22-13-14-24-23(16-22)25-20-11-12-21(15-20)26(25)27(30-24)19-9-5-2-6-10-19/h1-10,13-14,16,20-21,25-27,30H,11-12,15,17H2,(H,29,31)/t20-,21-,25-,26-,27+/m0/s1. The van der Waals surface area contributed by atoms with Crippen LogP contribution in [0.25, 0.3) is 0 Å². The van der Waals surface area contributed by atoms with Crippen LogP contribution < -0.4 is 10.6 Å². The summed E-state index contributed by atoms with van der Waals surface area (Å²) in [7, 11) is 0. The molecule has 0 saturated heterocycles. The fraction of sp³-hybridized carbons (Fsp3) is 0.321. The third-order valence-corrected chi connectivity index (χ3v) is 7.80. The summed E-state index contributed by atoms with van der Waals surface area (Å²) in [4.78, 5) is 12.9. The van der Waals surface area contributed by atoms with Gasteiger partial charge in [-0.25, -0.2) is 0 Å². The molecule has 0 radical (unpaired) electrons. The molecule has 3 aromatic rings. The fourth-order valence-corrected chi connectivity index (χ4v) is 6.50. The number of amides is 1. The molecule has 6 rings (SSSR count). The molecule has 3 aromatic carbocycles. The first-order valence-corrected chi connectivity index (χ1v) is 11.6. The Morgan fingerprint density at radius 3 is 2.45 bits per heavy atom. The minimum Gasteiger partial charge on any atom is -0.378 e. The van der Waals surface area contributed by atoms with Crippen LogP contribution in [0.15, 0.2) is 78.9 Å². The molecule has 2 bridgehead atoms. The maximum Gasteiger partial charge on any atom is 0.251 e. The molecule has 3 heteroatoms. The summed E-state index contributed by atoms with van der Waals surface area (Å²) in [6.07, 6.45) is 4.02. The van der Waals surface area contributed by atoms with E-state index in [9.17, 15) is 4.79 Å². The first-order valence-electron chi connectivity index (χ1n) is 11.6. The number of nitrogens with one attached hydrogen (secondary N) is 2. The van der Waals surface area contributed by atoms with Gasteiger partial charge >= 0.3 is 0 Å². The Hall–Kier alpha value is -3.07. The van der Waals surface area contributed by atoms with Crippen LogP contribution in [0, 0.1) is 17.8 Å². The average molecular weight is 409 g/mol. The molecule has 1 heterocycles. The Kier molecular flexibility index (Phi) is 4.56. The Balaban J connectivity index is 1.30. The van der Waals surface area contributed by atoms with E-state index in [2.05, 4.69) is 53.1 Å². The van der Waals surface area contributed by atoms with Crippen molar-refractivity contribution in [3.8, 4) is 0 Å². The van der Waals surface area contributed by atoms with Gasteiger partial charge in [-0.3, -0.25) is 4.79 Å². The lowest BCUT2D eigenvalue weighted by atomic mass is 9.68. The van der Waals surface area contributed by atoms with Gasteiger partial charge in [-0.2, -0.15) is 0 Å². The SMILES string of the molecule is O=C(NCc1ccccc1)c1ccc2c(c1)[C@@H]1[C@H]3CC[C@@H](C3)[C@@H]1[C@@H](c1ccccc1)N2. The van der Waals surface area contributed by atoms with Crippen molar-refractivity contribution in [3.63, 3.8) is 0 Å². The zero-order valence-electron chi connectivity index (χ0n) is 17.6. The third-order valence-electron chi connectivity index (χ3n) is 7.80.